The van der Waals surface area contributed by atoms with Crippen LogP contribution in [0.3, 0.4) is 0 Å². The minimum Gasteiger partial charge on any atom is -0.224 e. The maximum Gasteiger partial charge on any atom is 0.241 e. The minimum atomic E-state index is -3.76. The molecule has 0 heterocycles. The van der Waals surface area contributed by atoms with Crippen LogP contribution in [-0.2, 0) is 19.9 Å². The fraction of sp³-hybridized carbons (Fsp3) is 0.294. The van der Waals surface area contributed by atoms with Crippen molar-refractivity contribution in [2.75, 3.05) is 6.26 Å². The van der Waals surface area contributed by atoms with Crippen LogP contribution in [-0.4, -0.2) is 23.1 Å². The fourth-order valence-corrected chi connectivity index (χ4v) is 4.35. The lowest BCUT2D eigenvalue weighted by Gasteiger charge is -2.22. The van der Waals surface area contributed by atoms with Gasteiger partial charge in [0.2, 0.25) is 10.0 Å². The molecule has 0 saturated carbocycles. The summed E-state index contributed by atoms with van der Waals surface area (Å²) in [5, 5.41) is 0. The highest BCUT2D eigenvalue weighted by molar-refractivity contribution is 7.90. The largest absolute Gasteiger partial charge is 0.241 e. The molecule has 7 heteroatoms. The summed E-state index contributed by atoms with van der Waals surface area (Å²) >= 11 is 0. The zero-order chi connectivity index (χ0) is 18.0. The Morgan fingerprint density at radius 2 is 1.29 bits per heavy atom. The van der Waals surface area contributed by atoms with Crippen molar-refractivity contribution in [3.8, 4) is 0 Å². The summed E-state index contributed by atoms with van der Waals surface area (Å²) in [6.45, 7) is 3.87. The van der Waals surface area contributed by atoms with E-state index in [2.05, 4.69) is 4.72 Å². The van der Waals surface area contributed by atoms with Gasteiger partial charge < -0.3 is 0 Å². The molecular weight excluding hydrogens is 346 g/mol. The number of sulfonamides is 1. The van der Waals surface area contributed by atoms with E-state index >= 15 is 0 Å². The predicted octanol–water partition coefficient (Wildman–Crippen LogP) is 2.77. The smallest absolute Gasteiger partial charge is 0.224 e. The summed E-state index contributed by atoms with van der Waals surface area (Å²) in [5.41, 5.74) is 0.879. The molecule has 0 aliphatic rings. The first-order valence-electron chi connectivity index (χ1n) is 7.48. The number of benzene rings is 2. The summed E-state index contributed by atoms with van der Waals surface area (Å²) < 4.78 is 50.9. The van der Waals surface area contributed by atoms with Gasteiger partial charge in [-0.2, -0.15) is 0 Å². The van der Waals surface area contributed by atoms with Gasteiger partial charge in [-0.15, -0.1) is 0 Å². The molecule has 2 aromatic carbocycles. The van der Waals surface area contributed by atoms with Crippen molar-refractivity contribution in [3.05, 3.63) is 60.2 Å². The van der Waals surface area contributed by atoms with E-state index in [0.29, 0.717) is 0 Å². The second-order valence-corrected chi connectivity index (χ2v) is 9.73. The van der Waals surface area contributed by atoms with Crippen molar-refractivity contribution in [2.45, 2.75) is 29.7 Å². The molecule has 0 aliphatic heterocycles. The van der Waals surface area contributed by atoms with Gasteiger partial charge in [0.15, 0.2) is 9.84 Å². The van der Waals surface area contributed by atoms with Crippen molar-refractivity contribution in [3.63, 3.8) is 0 Å². The monoisotopic (exact) mass is 367 g/mol. The number of rotatable bonds is 6. The van der Waals surface area contributed by atoms with E-state index in [9.17, 15) is 16.8 Å². The molecule has 0 amide bonds. The SMILES string of the molecule is CC(C)C(NS(=O)(=O)c1ccc(S(C)(=O)=O)cc1)c1ccccc1. The summed E-state index contributed by atoms with van der Waals surface area (Å²) in [5.74, 6) is 0.0532. The van der Waals surface area contributed by atoms with E-state index in [1.54, 1.807) is 0 Å². The summed E-state index contributed by atoms with van der Waals surface area (Å²) in [6, 6.07) is 14.2. The van der Waals surface area contributed by atoms with Crippen LogP contribution >= 0.6 is 0 Å². The molecule has 2 aromatic rings. The maximum atomic E-state index is 12.6. The van der Waals surface area contributed by atoms with Crippen LogP contribution in [0.25, 0.3) is 0 Å². The van der Waals surface area contributed by atoms with Gasteiger partial charge in [0.25, 0.3) is 0 Å². The summed E-state index contributed by atoms with van der Waals surface area (Å²) in [6.07, 6.45) is 1.08. The van der Waals surface area contributed by atoms with Crippen LogP contribution < -0.4 is 4.72 Å². The standard InChI is InChI=1S/C17H21NO4S2/c1-13(2)17(14-7-5-4-6-8-14)18-24(21,22)16-11-9-15(10-12-16)23(3,19)20/h4-13,17-18H,1-3H3. The van der Waals surface area contributed by atoms with Crippen molar-refractivity contribution in [2.24, 2.45) is 5.92 Å². The third-order valence-corrected chi connectivity index (χ3v) is 6.26. The molecule has 5 nitrogen and oxygen atoms in total. The van der Waals surface area contributed by atoms with Gasteiger partial charge in [0, 0.05) is 12.3 Å². The first-order chi connectivity index (χ1) is 11.1. The van der Waals surface area contributed by atoms with Gasteiger partial charge in [-0.3, -0.25) is 0 Å². The molecule has 24 heavy (non-hydrogen) atoms. The summed E-state index contributed by atoms with van der Waals surface area (Å²) in [7, 11) is -7.12. The predicted molar refractivity (Wildman–Crippen MR) is 93.9 cm³/mol. The van der Waals surface area contributed by atoms with E-state index in [1.165, 1.54) is 24.3 Å². The average Bonchev–Trinajstić information content (AvgIpc) is 2.52. The number of hydrogen-bond acceptors (Lipinski definition) is 4. The Bertz CT molecular complexity index is 887. The topological polar surface area (TPSA) is 80.3 Å². The minimum absolute atomic E-state index is 0.0384. The number of nitrogens with one attached hydrogen (secondary N) is 1. The van der Waals surface area contributed by atoms with Crippen LogP contribution in [0.5, 0.6) is 0 Å². The van der Waals surface area contributed by atoms with Crippen molar-refractivity contribution in [1.82, 2.24) is 4.72 Å². The van der Waals surface area contributed by atoms with Crippen molar-refractivity contribution < 1.29 is 16.8 Å². The molecule has 0 aromatic heterocycles. The molecule has 1 atom stereocenters. The van der Waals surface area contributed by atoms with Crippen LogP contribution in [0.15, 0.2) is 64.4 Å². The molecule has 0 aliphatic carbocycles. The van der Waals surface area contributed by atoms with Crippen LogP contribution in [0.1, 0.15) is 25.5 Å². The molecule has 1 unspecified atom stereocenters. The van der Waals surface area contributed by atoms with Gasteiger partial charge >= 0.3 is 0 Å². The average molecular weight is 367 g/mol. The third-order valence-electron chi connectivity index (χ3n) is 3.67. The Labute approximate surface area is 143 Å². The Kier molecular flexibility index (Phi) is 5.47. The van der Waals surface area contributed by atoms with E-state index in [-0.39, 0.29) is 21.8 Å². The second-order valence-electron chi connectivity index (χ2n) is 6.00. The van der Waals surface area contributed by atoms with Gasteiger partial charge in [0.1, 0.15) is 0 Å². The molecule has 0 bridgehead atoms. The Morgan fingerprint density at radius 3 is 1.75 bits per heavy atom. The normalized spacial score (nSPS) is 13.8. The van der Waals surface area contributed by atoms with Gasteiger partial charge in [-0.1, -0.05) is 44.2 Å². The number of hydrogen-bond donors (Lipinski definition) is 1. The third kappa shape index (κ3) is 4.43. The molecule has 2 rings (SSSR count). The lowest BCUT2D eigenvalue weighted by molar-refractivity contribution is 0.463. The van der Waals surface area contributed by atoms with E-state index in [4.69, 9.17) is 0 Å². The maximum absolute atomic E-state index is 12.6. The molecule has 0 saturated heterocycles. The van der Waals surface area contributed by atoms with E-state index < -0.39 is 19.9 Å². The molecule has 0 fully saturated rings. The fourth-order valence-electron chi connectivity index (χ4n) is 2.35. The van der Waals surface area contributed by atoms with Crippen LogP contribution in [0.4, 0.5) is 0 Å². The van der Waals surface area contributed by atoms with Crippen LogP contribution in [0, 0.1) is 5.92 Å². The molecule has 0 radical (unpaired) electrons. The molecule has 0 spiro atoms. The Balaban J connectivity index is 2.32. The van der Waals surface area contributed by atoms with Gasteiger partial charge in [-0.05, 0) is 35.7 Å². The second kappa shape index (κ2) is 7.04. The van der Waals surface area contributed by atoms with E-state index in [0.717, 1.165) is 11.8 Å². The highest BCUT2D eigenvalue weighted by Crippen LogP contribution is 2.24. The lowest BCUT2D eigenvalue weighted by Crippen LogP contribution is -2.31. The van der Waals surface area contributed by atoms with Crippen molar-refractivity contribution >= 4 is 19.9 Å². The molecular formula is C17H21NO4S2. The van der Waals surface area contributed by atoms with Gasteiger partial charge in [0.05, 0.1) is 9.79 Å². The van der Waals surface area contributed by atoms with Crippen LogP contribution in [0.2, 0.25) is 0 Å². The van der Waals surface area contributed by atoms with Gasteiger partial charge in [-0.25, -0.2) is 21.6 Å². The number of sulfone groups is 1. The molecule has 130 valence electrons. The highest BCUT2D eigenvalue weighted by atomic mass is 32.2. The first kappa shape index (κ1) is 18.6. The zero-order valence-electron chi connectivity index (χ0n) is 13.8. The zero-order valence-corrected chi connectivity index (χ0v) is 15.4. The summed E-state index contributed by atoms with van der Waals surface area (Å²) in [4.78, 5) is 0.126. The Morgan fingerprint density at radius 1 is 0.792 bits per heavy atom. The molecule has 1 N–H and O–H groups in total. The lowest BCUT2D eigenvalue weighted by atomic mass is 9.97. The quantitative estimate of drug-likeness (QED) is 0.851. The Hall–Kier alpha value is -1.70. The first-order valence-corrected chi connectivity index (χ1v) is 10.9. The van der Waals surface area contributed by atoms with E-state index in [1.807, 2.05) is 44.2 Å². The highest BCUT2D eigenvalue weighted by Gasteiger charge is 2.24. The van der Waals surface area contributed by atoms with Crippen molar-refractivity contribution in [1.29, 1.82) is 0 Å².